The summed E-state index contributed by atoms with van der Waals surface area (Å²) in [5, 5.41) is 3.62. The Morgan fingerprint density at radius 1 is 1.30 bits per heavy atom. The van der Waals surface area contributed by atoms with E-state index in [4.69, 9.17) is 4.74 Å². The van der Waals surface area contributed by atoms with Crippen LogP contribution in [0.4, 0.5) is 4.79 Å². The van der Waals surface area contributed by atoms with Gasteiger partial charge in [-0.1, -0.05) is 0 Å². The van der Waals surface area contributed by atoms with Crippen LogP contribution in [0.3, 0.4) is 0 Å². The summed E-state index contributed by atoms with van der Waals surface area (Å²) in [5.41, 5.74) is 0.877. The van der Waals surface area contributed by atoms with Crippen LogP contribution >= 0.6 is 0 Å². The molecule has 0 aliphatic carbocycles. The number of ether oxygens (including phenoxy) is 1. The smallest absolute Gasteiger partial charge is 0.410 e. The second-order valence-electron chi connectivity index (χ2n) is 7.15. The molecule has 0 spiro atoms. The third-order valence-corrected chi connectivity index (χ3v) is 3.98. The minimum absolute atomic E-state index is 0.185. The maximum Gasteiger partial charge on any atom is 0.410 e. The minimum Gasteiger partial charge on any atom is -0.444 e. The normalized spacial score (nSPS) is 19.3. The zero-order valence-corrected chi connectivity index (χ0v) is 14.5. The monoisotopic (exact) mass is 319 g/mol. The first-order valence-electron chi connectivity index (χ1n) is 8.54. The highest BCUT2D eigenvalue weighted by molar-refractivity contribution is 5.68. The summed E-state index contributed by atoms with van der Waals surface area (Å²) >= 11 is 0. The van der Waals surface area contributed by atoms with Crippen LogP contribution < -0.4 is 5.32 Å². The molecular weight excluding hydrogens is 290 g/mol. The molecule has 5 nitrogen and oxygen atoms in total. The van der Waals surface area contributed by atoms with Gasteiger partial charge in [0.05, 0.1) is 0 Å². The van der Waals surface area contributed by atoms with Crippen LogP contribution in [0.25, 0.3) is 0 Å². The molecule has 0 radical (unpaired) electrons. The Morgan fingerprint density at radius 2 is 2.04 bits per heavy atom. The number of nitrogens with one attached hydrogen (secondary N) is 1. The summed E-state index contributed by atoms with van der Waals surface area (Å²) in [6.45, 7) is 8.24. The Bertz CT molecular complexity index is 485. The van der Waals surface area contributed by atoms with Crippen molar-refractivity contribution in [2.45, 2.75) is 58.1 Å². The third-order valence-electron chi connectivity index (χ3n) is 3.98. The molecule has 0 bridgehead atoms. The number of hydrogen-bond donors (Lipinski definition) is 1. The van der Waals surface area contributed by atoms with Crippen molar-refractivity contribution >= 4 is 6.09 Å². The van der Waals surface area contributed by atoms with Gasteiger partial charge in [0.1, 0.15) is 5.60 Å². The van der Waals surface area contributed by atoms with Crippen LogP contribution in [-0.2, 0) is 11.2 Å². The maximum atomic E-state index is 12.1. The summed E-state index contributed by atoms with van der Waals surface area (Å²) in [5.74, 6) is 0. The van der Waals surface area contributed by atoms with Crippen LogP contribution in [0.5, 0.6) is 0 Å². The zero-order chi connectivity index (χ0) is 16.7. The van der Waals surface area contributed by atoms with Gasteiger partial charge in [0.15, 0.2) is 0 Å². The van der Waals surface area contributed by atoms with Crippen molar-refractivity contribution < 1.29 is 9.53 Å². The molecule has 1 saturated heterocycles. The van der Waals surface area contributed by atoms with Crippen molar-refractivity contribution in [1.29, 1.82) is 0 Å². The van der Waals surface area contributed by atoms with Gasteiger partial charge < -0.3 is 15.0 Å². The molecule has 1 unspecified atom stereocenters. The predicted octanol–water partition coefficient (Wildman–Crippen LogP) is 3.00. The summed E-state index contributed by atoms with van der Waals surface area (Å²) in [6, 6.07) is 4.59. The van der Waals surface area contributed by atoms with E-state index in [1.165, 1.54) is 5.56 Å². The van der Waals surface area contributed by atoms with Crippen molar-refractivity contribution in [3.05, 3.63) is 30.1 Å². The molecule has 1 N–H and O–H groups in total. The molecule has 1 aliphatic heterocycles. The number of carbonyl (C=O) groups excluding carboxylic acids is 1. The topological polar surface area (TPSA) is 54.5 Å². The van der Waals surface area contributed by atoms with Crippen LogP contribution in [0.2, 0.25) is 0 Å². The van der Waals surface area contributed by atoms with E-state index in [0.29, 0.717) is 6.04 Å². The number of nitrogens with zero attached hydrogens (tertiary/aromatic N) is 2. The molecule has 0 saturated carbocycles. The van der Waals surface area contributed by atoms with Gasteiger partial charge in [-0.15, -0.1) is 0 Å². The average molecular weight is 319 g/mol. The molecule has 1 atom stereocenters. The lowest BCUT2D eigenvalue weighted by Gasteiger charge is -2.26. The Labute approximate surface area is 139 Å². The number of hydrogen-bond acceptors (Lipinski definition) is 4. The van der Waals surface area contributed by atoms with Crippen molar-refractivity contribution in [3.63, 3.8) is 0 Å². The lowest BCUT2D eigenvalue weighted by molar-refractivity contribution is 0.0256. The largest absolute Gasteiger partial charge is 0.444 e. The van der Waals surface area contributed by atoms with Gasteiger partial charge in [0.2, 0.25) is 0 Å². The number of aromatic nitrogens is 1. The first kappa shape index (κ1) is 17.7. The van der Waals surface area contributed by atoms with Crippen LogP contribution in [0, 0.1) is 0 Å². The van der Waals surface area contributed by atoms with E-state index in [-0.39, 0.29) is 6.09 Å². The molecule has 1 aromatic rings. The summed E-state index contributed by atoms with van der Waals surface area (Å²) in [6.07, 6.45) is 7.60. The number of carbonyl (C=O) groups is 1. The predicted molar refractivity (Wildman–Crippen MR) is 91.4 cm³/mol. The maximum absolute atomic E-state index is 12.1. The van der Waals surface area contributed by atoms with E-state index >= 15 is 0 Å². The van der Waals surface area contributed by atoms with Gasteiger partial charge in [-0.05, 0) is 70.7 Å². The second kappa shape index (κ2) is 8.29. The van der Waals surface area contributed by atoms with Crippen molar-refractivity contribution in [2.75, 3.05) is 19.6 Å². The van der Waals surface area contributed by atoms with Crippen molar-refractivity contribution in [2.24, 2.45) is 0 Å². The summed E-state index contributed by atoms with van der Waals surface area (Å²) in [4.78, 5) is 18.0. The Hall–Kier alpha value is -1.62. The fourth-order valence-electron chi connectivity index (χ4n) is 2.78. The SMILES string of the molecule is CC(C)(C)OC(=O)N1CCCC(NCCc2ccncc2)CC1. The van der Waals surface area contributed by atoms with E-state index in [1.54, 1.807) is 0 Å². The lowest BCUT2D eigenvalue weighted by Crippen LogP contribution is -2.38. The van der Waals surface area contributed by atoms with E-state index in [0.717, 1.165) is 45.3 Å². The van der Waals surface area contributed by atoms with E-state index < -0.39 is 5.60 Å². The molecule has 2 heterocycles. The first-order chi connectivity index (χ1) is 10.9. The molecule has 128 valence electrons. The number of rotatable bonds is 4. The van der Waals surface area contributed by atoms with E-state index in [2.05, 4.69) is 22.4 Å². The fraction of sp³-hybridized carbons (Fsp3) is 0.667. The average Bonchev–Trinajstić information content (AvgIpc) is 2.72. The highest BCUT2D eigenvalue weighted by Gasteiger charge is 2.24. The molecule has 1 fully saturated rings. The van der Waals surface area contributed by atoms with E-state index in [1.807, 2.05) is 38.1 Å². The van der Waals surface area contributed by atoms with Gasteiger partial charge in [0, 0.05) is 31.5 Å². The molecule has 1 amide bonds. The lowest BCUT2D eigenvalue weighted by atomic mass is 10.1. The van der Waals surface area contributed by atoms with E-state index in [9.17, 15) is 4.79 Å². The highest BCUT2D eigenvalue weighted by atomic mass is 16.6. The van der Waals surface area contributed by atoms with Gasteiger partial charge >= 0.3 is 6.09 Å². The third kappa shape index (κ3) is 6.57. The summed E-state index contributed by atoms with van der Waals surface area (Å²) < 4.78 is 5.47. The number of amides is 1. The Balaban J connectivity index is 1.72. The Morgan fingerprint density at radius 3 is 2.74 bits per heavy atom. The molecule has 1 aliphatic rings. The van der Waals surface area contributed by atoms with Crippen LogP contribution in [-0.4, -0.2) is 47.3 Å². The standard InChI is InChI=1S/C18H29N3O2/c1-18(2,3)23-17(22)21-13-4-5-16(9-14-21)20-12-8-15-6-10-19-11-7-15/h6-7,10-11,16,20H,4-5,8-9,12-14H2,1-3H3. The molecule has 5 heteroatoms. The molecule has 2 rings (SSSR count). The molecular formula is C18H29N3O2. The van der Waals surface area contributed by atoms with Crippen LogP contribution in [0.1, 0.15) is 45.6 Å². The zero-order valence-electron chi connectivity index (χ0n) is 14.5. The van der Waals surface area contributed by atoms with Gasteiger partial charge in [-0.2, -0.15) is 0 Å². The molecule has 23 heavy (non-hydrogen) atoms. The van der Waals surface area contributed by atoms with Crippen LogP contribution in [0.15, 0.2) is 24.5 Å². The van der Waals surface area contributed by atoms with Gasteiger partial charge in [0.25, 0.3) is 0 Å². The van der Waals surface area contributed by atoms with Crippen molar-refractivity contribution in [1.82, 2.24) is 15.2 Å². The number of likely N-dealkylation sites (tertiary alicyclic amines) is 1. The fourth-order valence-corrected chi connectivity index (χ4v) is 2.78. The summed E-state index contributed by atoms with van der Waals surface area (Å²) in [7, 11) is 0. The minimum atomic E-state index is -0.425. The highest BCUT2D eigenvalue weighted by Crippen LogP contribution is 2.15. The molecule has 0 aromatic carbocycles. The molecule has 1 aromatic heterocycles. The first-order valence-corrected chi connectivity index (χ1v) is 8.54. The number of pyridine rings is 1. The quantitative estimate of drug-likeness (QED) is 0.927. The van der Waals surface area contributed by atoms with Gasteiger partial charge in [-0.25, -0.2) is 4.79 Å². The van der Waals surface area contributed by atoms with Crippen molar-refractivity contribution in [3.8, 4) is 0 Å². The van der Waals surface area contributed by atoms with Gasteiger partial charge in [-0.3, -0.25) is 4.98 Å². The second-order valence-corrected chi connectivity index (χ2v) is 7.15. The Kier molecular flexibility index (Phi) is 6.39.